The number of anilines is 1. The summed E-state index contributed by atoms with van der Waals surface area (Å²) in [7, 11) is -3.46. The molecule has 0 atom stereocenters. The van der Waals surface area contributed by atoms with Crippen LogP contribution in [0.3, 0.4) is 0 Å². The number of sulfonamides is 1. The van der Waals surface area contributed by atoms with Gasteiger partial charge < -0.3 is 5.32 Å². The average molecular weight is 385 g/mol. The molecule has 1 fully saturated rings. The van der Waals surface area contributed by atoms with Crippen molar-refractivity contribution in [3.8, 4) is 6.07 Å². The topological polar surface area (TPSA) is 86.1 Å². The standard InChI is InChI=1S/C20H24N4O2S/c1-14-4-6-18(7-5-14)27(25,26)24-10-8-17(9-11-24)23-20-19(13-21)15(2)12-16(3)22-20/h4-7,12,17H,8-11H2,1-3H3,(H,22,23). The van der Waals surface area contributed by atoms with E-state index in [1.54, 1.807) is 12.1 Å². The predicted molar refractivity (Wildman–Crippen MR) is 105 cm³/mol. The van der Waals surface area contributed by atoms with Crippen LogP contribution < -0.4 is 5.32 Å². The van der Waals surface area contributed by atoms with Crippen LogP contribution in [0.5, 0.6) is 0 Å². The van der Waals surface area contributed by atoms with Crippen molar-refractivity contribution >= 4 is 15.8 Å². The lowest BCUT2D eigenvalue weighted by atomic mass is 10.1. The van der Waals surface area contributed by atoms with Crippen molar-refractivity contribution in [1.29, 1.82) is 5.26 Å². The summed E-state index contributed by atoms with van der Waals surface area (Å²) in [5, 5.41) is 12.7. The Hall–Kier alpha value is -2.43. The number of rotatable bonds is 4. The van der Waals surface area contributed by atoms with Crippen LogP contribution in [0.4, 0.5) is 5.82 Å². The molecule has 27 heavy (non-hydrogen) atoms. The molecule has 7 heteroatoms. The monoisotopic (exact) mass is 384 g/mol. The fourth-order valence-corrected chi connectivity index (χ4v) is 4.85. The third-order valence-corrected chi connectivity index (χ3v) is 6.82. The smallest absolute Gasteiger partial charge is 0.243 e. The van der Waals surface area contributed by atoms with E-state index in [0.717, 1.165) is 16.8 Å². The Bertz CT molecular complexity index is 970. The molecule has 1 aliphatic heterocycles. The van der Waals surface area contributed by atoms with E-state index in [1.807, 2.05) is 39.0 Å². The quantitative estimate of drug-likeness (QED) is 0.875. The van der Waals surface area contributed by atoms with Crippen molar-refractivity contribution in [2.24, 2.45) is 0 Å². The van der Waals surface area contributed by atoms with Crippen molar-refractivity contribution in [3.63, 3.8) is 0 Å². The van der Waals surface area contributed by atoms with Gasteiger partial charge >= 0.3 is 0 Å². The molecule has 2 aromatic rings. The second kappa shape index (κ2) is 7.67. The van der Waals surface area contributed by atoms with E-state index in [-0.39, 0.29) is 6.04 Å². The van der Waals surface area contributed by atoms with E-state index in [0.29, 0.717) is 42.2 Å². The van der Waals surface area contributed by atoms with Gasteiger partial charge in [-0.3, -0.25) is 0 Å². The molecule has 0 unspecified atom stereocenters. The molecule has 1 aromatic carbocycles. The Kier molecular flexibility index (Phi) is 5.49. The van der Waals surface area contributed by atoms with Crippen LogP contribution in [0, 0.1) is 32.1 Å². The van der Waals surface area contributed by atoms with Gasteiger partial charge in [-0.1, -0.05) is 17.7 Å². The number of nitrogens with one attached hydrogen (secondary N) is 1. The number of benzene rings is 1. The minimum Gasteiger partial charge on any atom is -0.366 e. The first-order valence-corrected chi connectivity index (χ1v) is 10.5. The molecule has 0 spiro atoms. The minimum atomic E-state index is -3.46. The molecule has 1 saturated heterocycles. The van der Waals surface area contributed by atoms with Gasteiger partial charge in [-0.15, -0.1) is 0 Å². The van der Waals surface area contributed by atoms with Gasteiger partial charge in [-0.25, -0.2) is 13.4 Å². The van der Waals surface area contributed by atoms with Gasteiger partial charge in [0, 0.05) is 24.8 Å². The van der Waals surface area contributed by atoms with E-state index < -0.39 is 10.0 Å². The minimum absolute atomic E-state index is 0.0928. The number of nitriles is 1. The third-order valence-electron chi connectivity index (χ3n) is 4.91. The summed E-state index contributed by atoms with van der Waals surface area (Å²) in [5.74, 6) is 0.592. The van der Waals surface area contributed by atoms with Gasteiger partial charge in [-0.05, 0) is 57.4 Å². The predicted octanol–water partition coefficient (Wildman–Crippen LogP) is 3.14. The second-order valence-electron chi connectivity index (χ2n) is 7.05. The Morgan fingerprint density at radius 2 is 1.78 bits per heavy atom. The molecule has 0 saturated carbocycles. The summed E-state index contributed by atoms with van der Waals surface area (Å²) in [6.07, 6.45) is 1.34. The summed E-state index contributed by atoms with van der Waals surface area (Å²) in [5.41, 5.74) is 3.33. The molecule has 2 heterocycles. The van der Waals surface area contributed by atoms with Gasteiger partial charge in [-0.2, -0.15) is 9.57 Å². The molecule has 142 valence electrons. The van der Waals surface area contributed by atoms with Crippen molar-refractivity contribution in [2.75, 3.05) is 18.4 Å². The van der Waals surface area contributed by atoms with Crippen molar-refractivity contribution in [2.45, 2.75) is 44.6 Å². The Labute approximate surface area is 160 Å². The molecular formula is C20H24N4O2S. The Morgan fingerprint density at radius 1 is 1.15 bits per heavy atom. The Morgan fingerprint density at radius 3 is 2.37 bits per heavy atom. The molecule has 0 bridgehead atoms. The number of piperidine rings is 1. The van der Waals surface area contributed by atoms with Crippen molar-refractivity contribution < 1.29 is 8.42 Å². The molecule has 0 amide bonds. The molecule has 6 nitrogen and oxygen atoms in total. The van der Waals surface area contributed by atoms with Crippen LogP contribution in [0.15, 0.2) is 35.2 Å². The summed E-state index contributed by atoms with van der Waals surface area (Å²) >= 11 is 0. The first kappa shape index (κ1) is 19.3. The molecule has 1 aromatic heterocycles. The first-order chi connectivity index (χ1) is 12.8. The lowest BCUT2D eigenvalue weighted by molar-refractivity contribution is 0.329. The highest BCUT2D eigenvalue weighted by Crippen LogP contribution is 2.24. The SMILES string of the molecule is Cc1ccc(S(=O)(=O)N2CCC(Nc3nc(C)cc(C)c3C#N)CC2)cc1. The van der Waals surface area contributed by atoms with Crippen LogP contribution in [-0.4, -0.2) is 36.8 Å². The maximum absolute atomic E-state index is 12.8. The average Bonchev–Trinajstić information content (AvgIpc) is 2.62. The van der Waals surface area contributed by atoms with Crippen LogP contribution >= 0.6 is 0 Å². The molecule has 1 aliphatic rings. The van der Waals surface area contributed by atoms with Gasteiger partial charge in [0.25, 0.3) is 0 Å². The van der Waals surface area contributed by atoms with Gasteiger partial charge in [0.1, 0.15) is 11.9 Å². The van der Waals surface area contributed by atoms with Gasteiger partial charge in [0.05, 0.1) is 10.5 Å². The highest BCUT2D eigenvalue weighted by Gasteiger charge is 2.29. The highest BCUT2D eigenvalue weighted by molar-refractivity contribution is 7.89. The number of aryl methyl sites for hydroxylation is 3. The maximum atomic E-state index is 12.8. The fraction of sp³-hybridized carbons (Fsp3) is 0.400. The van der Waals surface area contributed by atoms with Gasteiger partial charge in [0.15, 0.2) is 0 Å². The number of hydrogen-bond acceptors (Lipinski definition) is 5. The molecule has 1 N–H and O–H groups in total. The first-order valence-electron chi connectivity index (χ1n) is 9.03. The largest absolute Gasteiger partial charge is 0.366 e. The molecule has 0 radical (unpaired) electrons. The number of aromatic nitrogens is 1. The second-order valence-corrected chi connectivity index (χ2v) is 8.99. The van der Waals surface area contributed by atoms with E-state index in [2.05, 4.69) is 16.4 Å². The normalized spacial score (nSPS) is 16.1. The third kappa shape index (κ3) is 4.12. The van der Waals surface area contributed by atoms with Crippen LogP contribution in [-0.2, 0) is 10.0 Å². The zero-order valence-corrected chi connectivity index (χ0v) is 16.7. The maximum Gasteiger partial charge on any atom is 0.243 e. The van der Waals surface area contributed by atoms with Crippen LogP contribution in [0.1, 0.15) is 35.2 Å². The highest BCUT2D eigenvalue weighted by atomic mass is 32.2. The number of hydrogen-bond donors (Lipinski definition) is 1. The summed E-state index contributed by atoms with van der Waals surface area (Å²) in [4.78, 5) is 4.79. The lowest BCUT2D eigenvalue weighted by Crippen LogP contribution is -2.42. The summed E-state index contributed by atoms with van der Waals surface area (Å²) < 4.78 is 27.1. The summed E-state index contributed by atoms with van der Waals surface area (Å²) in [6, 6.07) is 11.1. The van der Waals surface area contributed by atoms with E-state index in [1.165, 1.54) is 4.31 Å². The molecular weight excluding hydrogens is 360 g/mol. The Balaban J connectivity index is 1.69. The van der Waals surface area contributed by atoms with Crippen molar-refractivity contribution in [3.05, 3.63) is 52.7 Å². The zero-order chi connectivity index (χ0) is 19.6. The van der Waals surface area contributed by atoms with E-state index in [4.69, 9.17) is 0 Å². The van der Waals surface area contributed by atoms with E-state index >= 15 is 0 Å². The van der Waals surface area contributed by atoms with E-state index in [9.17, 15) is 13.7 Å². The fourth-order valence-electron chi connectivity index (χ4n) is 3.38. The van der Waals surface area contributed by atoms with Crippen LogP contribution in [0.25, 0.3) is 0 Å². The van der Waals surface area contributed by atoms with Crippen molar-refractivity contribution in [1.82, 2.24) is 9.29 Å². The number of nitrogens with zero attached hydrogens (tertiary/aromatic N) is 3. The molecule has 3 rings (SSSR count). The lowest BCUT2D eigenvalue weighted by Gasteiger charge is -2.32. The van der Waals surface area contributed by atoms with Crippen LogP contribution in [0.2, 0.25) is 0 Å². The molecule has 0 aliphatic carbocycles. The number of pyridine rings is 1. The van der Waals surface area contributed by atoms with Gasteiger partial charge in [0.2, 0.25) is 10.0 Å². The zero-order valence-electron chi connectivity index (χ0n) is 15.9. The summed E-state index contributed by atoms with van der Waals surface area (Å²) in [6.45, 7) is 6.62.